The van der Waals surface area contributed by atoms with E-state index in [-0.39, 0.29) is 11.2 Å². The Labute approximate surface area is 153 Å². The molecule has 0 aromatic heterocycles. The molecule has 1 heterocycles. The molecular formula is C20H24FN3O2. The number of rotatable bonds is 4. The predicted molar refractivity (Wildman–Crippen MR) is 102 cm³/mol. The zero-order valence-electron chi connectivity index (χ0n) is 15.1. The first-order valence-electron chi connectivity index (χ1n) is 8.67. The molecule has 0 spiro atoms. The molecular weight excluding hydrogens is 333 g/mol. The molecule has 2 aromatic carbocycles. The molecule has 26 heavy (non-hydrogen) atoms. The summed E-state index contributed by atoms with van der Waals surface area (Å²) in [7, 11) is 0. The summed E-state index contributed by atoms with van der Waals surface area (Å²) in [6, 6.07) is 12.1. The monoisotopic (exact) mass is 357 g/mol. The quantitative estimate of drug-likeness (QED) is 0.647. The summed E-state index contributed by atoms with van der Waals surface area (Å²) in [6.45, 7) is 5.85. The third kappa shape index (κ3) is 4.45. The minimum atomic E-state index is -0.259. The number of nitrogens with two attached hydrogens (primary N) is 1. The van der Waals surface area contributed by atoms with Gasteiger partial charge in [0.1, 0.15) is 5.82 Å². The van der Waals surface area contributed by atoms with E-state index >= 15 is 0 Å². The van der Waals surface area contributed by atoms with Gasteiger partial charge in [0.2, 0.25) is 0 Å². The van der Waals surface area contributed by atoms with Crippen molar-refractivity contribution in [2.45, 2.75) is 25.7 Å². The van der Waals surface area contributed by atoms with Crippen molar-refractivity contribution >= 4 is 11.6 Å². The summed E-state index contributed by atoms with van der Waals surface area (Å²) < 4.78 is 24.4. The highest BCUT2D eigenvalue weighted by atomic mass is 19.1. The molecule has 0 aliphatic carbocycles. The van der Waals surface area contributed by atoms with E-state index < -0.39 is 0 Å². The maximum absolute atomic E-state index is 13.1. The van der Waals surface area contributed by atoms with Crippen LogP contribution in [-0.2, 0) is 5.41 Å². The van der Waals surface area contributed by atoms with Gasteiger partial charge >= 0.3 is 0 Å². The van der Waals surface area contributed by atoms with E-state index in [1.165, 1.54) is 12.1 Å². The first-order chi connectivity index (χ1) is 12.4. The van der Waals surface area contributed by atoms with Crippen LogP contribution in [0.4, 0.5) is 10.1 Å². The van der Waals surface area contributed by atoms with Gasteiger partial charge in [-0.25, -0.2) is 4.39 Å². The Bertz CT molecular complexity index is 788. The number of anilines is 1. The van der Waals surface area contributed by atoms with Crippen LogP contribution in [0.25, 0.3) is 0 Å². The average molecular weight is 357 g/mol. The SMILES string of the molecule is CC(C)(CN=C(N)Nc1ccc2c(c1)OCCCO2)c1ccc(F)cc1. The first-order valence-corrected chi connectivity index (χ1v) is 8.67. The van der Waals surface area contributed by atoms with Gasteiger partial charge < -0.3 is 20.5 Å². The highest BCUT2D eigenvalue weighted by Crippen LogP contribution is 2.32. The number of halogens is 1. The second-order valence-electron chi connectivity index (χ2n) is 6.93. The molecule has 0 unspecified atom stereocenters. The second-order valence-corrected chi connectivity index (χ2v) is 6.93. The lowest BCUT2D eigenvalue weighted by Crippen LogP contribution is -2.27. The smallest absolute Gasteiger partial charge is 0.193 e. The highest BCUT2D eigenvalue weighted by Gasteiger charge is 2.20. The number of hydrogen-bond donors (Lipinski definition) is 2. The average Bonchev–Trinajstić information content (AvgIpc) is 2.85. The van der Waals surface area contributed by atoms with Crippen molar-refractivity contribution in [2.75, 3.05) is 25.1 Å². The lowest BCUT2D eigenvalue weighted by Gasteiger charge is -2.23. The number of nitrogens with zero attached hydrogens (tertiary/aromatic N) is 1. The molecule has 1 aliphatic rings. The number of aliphatic imine (C=N–C) groups is 1. The van der Waals surface area contributed by atoms with Gasteiger partial charge in [-0.15, -0.1) is 0 Å². The molecule has 1 aliphatic heterocycles. The maximum atomic E-state index is 13.1. The van der Waals surface area contributed by atoms with E-state index in [0.29, 0.717) is 31.5 Å². The summed E-state index contributed by atoms with van der Waals surface area (Å²) in [5.41, 5.74) is 7.56. The minimum absolute atomic E-state index is 0.247. The predicted octanol–water partition coefficient (Wildman–Crippen LogP) is 3.69. The van der Waals surface area contributed by atoms with Crippen molar-refractivity contribution in [2.24, 2.45) is 10.7 Å². The third-order valence-corrected chi connectivity index (χ3v) is 4.29. The standard InChI is InChI=1S/C20H24FN3O2/c1-20(2,14-4-6-15(21)7-5-14)13-23-19(22)24-16-8-9-17-18(12-16)26-11-3-10-25-17/h4-9,12H,3,10-11,13H2,1-2H3,(H3,22,23,24). The number of nitrogens with one attached hydrogen (secondary N) is 1. The lowest BCUT2D eigenvalue weighted by molar-refractivity contribution is 0.297. The number of hydrogen-bond acceptors (Lipinski definition) is 3. The third-order valence-electron chi connectivity index (χ3n) is 4.29. The van der Waals surface area contributed by atoms with Gasteiger partial charge in [0.25, 0.3) is 0 Å². The Kier molecular flexibility index (Phi) is 5.30. The molecule has 2 aromatic rings. The Hall–Kier alpha value is -2.76. The first kappa shape index (κ1) is 18.0. The molecule has 6 heteroatoms. The summed E-state index contributed by atoms with van der Waals surface area (Å²) in [5.74, 6) is 1.51. The largest absolute Gasteiger partial charge is 0.490 e. The van der Waals surface area contributed by atoms with Crippen LogP contribution >= 0.6 is 0 Å². The fourth-order valence-corrected chi connectivity index (χ4v) is 2.70. The van der Waals surface area contributed by atoms with Crippen LogP contribution in [-0.4, -0.2) is 25.7 Å². The van der Waals surface area contributed by atoms with Gasteiger partial charge in [0.05, 0.1) is 19.8 Å². The summed E-state index contributed by atoms with van der Waals surface area (Å²) in [6.07, 6.45) is 0.861. The molecule has 0 fully saturated rings. The molecule has 5 nitrogen and oxygen atoms in total. The Morgan fingerprint density at radius 1 is 1.12 bits per heavy atom. The number of fused-ring (bicyclic) bond motifs is 1. The Morgan fingerprint density at radius 3 is 2.54 bits per heavy atom. The Balaban J connectivity index is 1.66. The molecule has 0 bridgehead atoms. The molecule has 138 valence electrons. The maximum Gasteiger partial charge on any atom is 0.193 e. The van der Waals surface area contributed by atoms with E-state index in [1.54, 1.807) is 12.1 Å². The van der Waals surface area contributed by atoms with Crippen molar-refractivity contribution in [1.82, 2.24) is 0 Å². The van der Waals surface area contributed by atoms with Crippen LogP contribution in [0.2, 0.25) is 0 Å². The summed E-state index contributed by atoms with van der Waals surface area (Å²) in [4.78, 5) is 4.44. The molecule has 0 atom stereocenters. The molecule has 3 N–H and O–H groups in total. The van der Waals surface area contributed by atoms with Crippen molar-refractivity contribution in [3.8, 4) is 11.5 Å². The molecule has 3 rings (SSSR count). The van der Waals surface area contributed by atoms with Crippen LogP contribution in [0, 0.1) is 5.82 Å². The van der Waals surface area contributed by atoms with E-state index in [1.807, 2.05) is 32.0 Å². The Morgan fingerprint density at radius 2 is 1.81 bits per heavy atom. The number of ether oxygens (including phenoxy) is 2. The van der Waals surface area contributed by atoms with E-state index in [4.69, 9.17) is 15.2 Å². The fraction of sp³-hybridized carbons (Fsp3) is 0.350. The molecule has 0 amide bonds. The van der Waals surface area contributed by atoms with Gasteiger partial charge in [-0.3, -0.25) is 4.99 Å². The number of guanidine groups is 1. The zero-order valence-corrected chi connectivity index (χ0v) is 15.1. The normalized spacial score (nSPS) is 14.7. The zero-order chi connectivity index (χ0) is 18.6. The molecule has 0 saturated heterocycles. The fourth-order valence-electron chi connectivity index (χ4n) is 2.70. The van der Waals surface area contributed by atoms with Crippen molar-refractivity contribution in [3.05, 3.63) is 53.8 Å². The van der Waals surface area contributed by atoms with Gasteiger partial charge in [-0.2, -0.15) is 0 Å². The summed E-state index contributed by atoms with van der Waals surface area (Å²) in [5, 5.41) is 3.08. The minimum Gasteiger partial charge on any atom is -0.490 e. The van der Waals surface area contributed by atoms with E-state index in [2.05, 4.69) is 10.3 Å². The van der Waals surface area contributed by atoms with Crippen LogP contribution in [0.5, 0.6) is 11.5 Å². The van der Waals surface area contributed by atoms with E-state index in [0.717, 1.165) is 23.4 Å². The van der Waals surface area contributed by atoms with Crippen molar-refractivity contribution in [3.63, 3.8) is 0 Å². The van der Waals surface area contributed by atoms with Crippen LogP contribution in [0.3, 0.4) is 0 Å². The van der Waals surface area contributed by atoms with Crippen molar-refractivity contribution < 1.29 is 13.9 Å². The highest BCUT2D eigenvalue weighted by molar-refractivity contribution is 5.92. The summed E-state index contributed by atoms with van der Waals surface area (Å²) >= 11 is 0. The van der Waals surface area contributed by atoms with Crippen LogP contribution in [0.15, 0.2) is 47.5 Å². The molecule has 0 radical (unpaired) electrons. The lowest BCUT2D eigenvalue weighted by atomic mass is 9.85. The second kappa shape index (κ2) is 7.64. The van der Waals surface area contributed by atoms with Crippen LogP contribution < -0.4 is 20.5 Å². The van der Waals surface area contributed by atoms with Gasteiger partial charge in [-0.05, 0) is 29.8 Å². The van der Waals surface area contributed by atoms with Gasteiger partial charge in [0.15, 0.2) is 17.5 Å². The van der Waals surface area contributed by atoms with Crippen LogP contribution in [0.1, 0.15) is 25.8 Å². The molecule has 0 saturated carbocycles. The van der Waals surface area contributed by atoms with E-state index in [9.17, 15) is 4.39 Å². The van der Waals surface area contributed by atoms with Crippen molar-refractivity contribution in [1.29, 1.82) is 0 Å². The van der Waals surface area contributed by atoms with Gasteiger partial charge in [-0.1, -0.05) is 26.0 Å². The van der Waals surface area contributed by atoms with Gasteiger partial charge in [0, 0.05) is 23.6 Å². The number of benzene rings is 2. The topological polar surface area (TPSA) is 68.9 Å².